The van der Waals surface area contributed by atoms with Gasteiger partial charge in [0.25, 0.3) is 5.91 Å². The highest BCUT2D eigenvalue weighted by molar-refractivity contribution is 5.94. The monoisotopic (exact) mass is 273 g/mol. The summed E-state index contributed by atoms with van der Waals surface area (Å²) in [5, 5.41) is 0. The molecule has 3 heterocycles. The number of likely N-dealkylation sites (tertiary alicyclic amines) is 1. The van der Waals surface area contributed by atoms with Crippen LogP contribution in [0.25, 0.3) is 0 Å². The molecule has 4 nitrogen and oxygen atoms in total. The third-order valence-electron chi connectivity index (χ3n) is 5.04. The first-order valence-electron chi connectivity index (χ1n) is 7.98. The molecule has 0 unspecified atom stereocenters. The number of hydrogen-bond donors (Lipinski definition) is 0. The van der Waals surface area contributed by atoms with Crippen LogP contribution in [0, 0.1) is 5.92 Å². The molecule has 108 valence electrons. The Morgan fingerprint density at radius 1 is 1.25 bits per heavy atom. The fourth-order valence-corrected chi connectivity index (χ4v) is 3.88. The first kappa shape index (κ1) is 12.5. The molecular formula is C16H23N3O. The van der Waals surface area contributed by atoms with Gasteiger partial charge in [0.1, 0.15) is 5.69 Å². The second-order valence-electron chi connectivity index (χ2n) is 6.60. The van der Waals surface area contributed by atoms with Gasteiger partial charge in [0.05, 0.1) is 12.1 Å². The van der Waals surface area contributed by atoms with E-state index in [1.165, 1.54) is 19.3 Å². The Kier molecular flexibility index (Phi) is 2.88. The summed E-state index contributed by atoms with van der Waals surface area (Å²) >= 11 is 0. The number of carbonyl (C=O) groups excluding carboxylic acids is 1. The molecule has 1 aromatic rings. The molecule has 20 heavy (non-hydrogen) atoms. The molecule has 3 aliphatic rings. The minimum Gasteiger partial charge on any atom is -0.337 e. The van der Waals surface area contributed by atoms with Crippen LogP contribution in [-0.4, -0.2) is 52.5 Å². The highest BCUT2D eigenvalue weighted by Crippen LogP contribution is 2.37. The number of hydrogen-bond acceptors (Lipinski definition) is 2. The van der Waals surface area contributed by atoms with Crippen LogP contribution in [0.3, 0.4) is 0 Å². The summed E-state index contributed by atoms with van der Waals surface area (Å²) in [6.07, 6.45) is 5.89. The van der Waals surface area contributed by atoms with Gasteiger partial charge in [-0.2, -0.15) is 0 Å². The van der Waals surface area contributed by atoms with Crippen LogP contribution >= 0.6 is 0 Å². The van der Waals surface area contributed by atoms with Gasteiger partial charge in [-0.05, 0) is 43.9 Å². The van der Waals surface area contributed by atoms with Crippen LogP contribution in [0.5, 0.6) is 0 Å². The van der Waals surface area contributed by atoms with Gasteiger partial charge >= 0.3 is 0 Å². The highest BCUT2D eigenvalue weighted by Gasteiger charge is 2.45. The SMILES string of the molecule is CCCN1C[C@@H]2[C@@H](C1)n1cccc1C(=O)N2CC1CC1. The molecule has 2 fully saturated rings. The molecule has 2 atom stereocenters. The lowest BCUT2D eigenvalue weighted by Crippen LogP contribution is -2.51. The second kappa shape index (κ2) is 4.62. The molecule has 0 spiro atoms. The van der Waals surface area contributed by atoms with Crippen molar-refractivity contribution in [3.05, 3.63) is 24.0 Å². The normalized spacial score (nSPS) is 29.6. The van der Waals surface area contributed by atoms with E-state index >= 15 is 0 Å². The zero-order valence-corrected chi connectivity index (χ0v) is 12.2. The molecule has 0 N–H and O–H groups in total. The maximum atomic E-state index is 12.7. The molecule has 1 saturated carbocycles. The van der Waals surface area contributed by atoms with Crippen LogP contribution in [0.15, 0.2) is 18.3 Å². The number of rotatable bonds is 4. The summed E-state index contributed by atoms with van der Waals surface area (Å²) in [4.78, 5) is 17.4. The number of amides is 1. The predicted molar refractivity (Wildman–Crippen MR) is 77.7 cm³/mol. The Bertz CT molecular complexity index is 520. The van der Waals surface area contributed by atoms with E-state index < -0.39 is 0 Å². The quantitative estimate of drug-likeness (QED) is 0.839. The number of nitrogens with zero attached hydrogens (tertiary/aromatic N) is 3. The largest absolute Gasteiger partial charge is 0.337 e. The van der Waals surface area contributed by atoms with E-state index in [1.54, 1.807) is 0 Å². The van der Waals surface area contributed by atoms with Crippen LogP contribution < -0.4 is 0 Å². The van der Waals surface area contributed by atoms with E-state index in [-0.39, 0.29) is 5.91 Å². The zero-order valence-electron chi connectivity index (χ0n) is 12.2. The molecule has 0 radical (unpaired) electrons. The average Bonchev–Trinajstić information content (AvgIpc) is 2.96. The highest BCUT2D eigenvalue weighted by atomic mass is 16.2. The van der Waals surface area contributed by atoms with Crippen LogP contribution in [0.4, 0.5) is 0 Å². The Hall–Kier alpha value is -1.29. The van der Waals surface area contributed by atoms with Crippen molar-refractivity contribution in [2.45, 2.75) is 38.3 Å². The summed E-state index contributed by atoms with van der Waals surface area (Å²) in [5.41, 5.74) is 0.894. The van der Waals surface area contributed by atoms with E-state index in [1.807, 2.05) is 12.1 Å². The van der Waals surface area contributed by atoms with Crippen molar-refractivity contribution in [1.82, 2.24) is 14.4 Å². The van der Waals surface area contributed by atoms with E-state index in [0.717, 1.165) is 37.8 Å². The van der Waals surface area contributed by atoms with Crippen LogP contribution in [0.2, 0.25) is 0 Å². The van der Waals surface area contributed by atoms with Gasteiger partial charge in [0, 0.05) is 25.8 Å². The van der Waals surface area contributed by atoms with Crippen molar-refractivity contribution in [2.75, 3.05) is 26.2 Å². The molecule has 0 bridgehead atoms. The average molecular weight is 273 g/mol. The summed E-state index contributed by atoms with van der Waals surface area (Å²) in [6.45, 7) is 6.50. The smallest absolute Gasteiger partial charge is 0.270 e. The molecule has 1 saturated heterocycles. The number of fused-ring (bicyclic) bond motifs is 3. The number of aromatic nitrogens is 1. The topological polar surface area (TPSA) is 28.5 Å². The fraction of sp³-hybridized carbons (Fsp3) is 0.688. The Labute approximate surface area is 120 Å². The van der Waals surface area contributed by atoms with Crippen molar-refractivity contribution >= 4 is 5.91 Å². The molecule has 4 rings (SSSR count). The number of carbonyl (C=O) groups is 1. The third-order valence-corrected chi connectivity index (χ3v) is 5.04. The lowest BCUT2D eigenvalue weighted by molar-refractivity contribution is 0.0565. The van der Waals surface area contributed by atoms with Gasteiger partial charge in [-0.15, -0.1) is 0 Å². The molecular weight excluding hydrogens is 250 g/mol. The van der Waals surface area contributed by atoms with E-state index in [2.05, 4.69) is 27.5 Å². The first-order chi connectivity index (χ1) is 9.78. The van der Waals surface area contributed by atoms with Gasteiger partial charge in [-0.1, -0.05) is 6.92 Å². The summed E-state index contributed by atoms with van der Waals surface area (Å²) in [6, 6.07) is 4.85. The molecule has 2 aliphatic heterocycles. The predicted octanol–water partition coefficient (Wildman–Crippen LogP) is 1.99. The lowest BCUT2D eigenvalue weighted by Gasteiger charge is -2.38. The van der Waals surface area contributed by atoms with E-state index in [4.69, 9.17) is 0 Å². The standard InChI is InChI=1S/C16H23N3O/c1-2-7-17-10-14-15(11-17)19(9-12-5-6-12)16(20)13-4-3-8-18(13)14/h3-4,8,12,14-15H,2,5-7,9-11H2,1H3/t14-,15-/m1/s1. The molecule has 1 amide bonds. The molecule has 0 aromatic carbocycles. The third kappa shape index (κ3) is 1.89. The Balaban J connectivity index is 1.65. The molecule has 1 aliphatic carbocycles. The fourth-order valence-electron chi connectivity index (χ4n) is 3.88. The second-order valence-corrected chi connectivity index (χ2v) is 6.60. The minimum absolute atomic E-state index is 0.251. The lowest BCUT2D eigenvalue weighted by atomic mass is 10.1. The van der Waals surface area contributed by atoms with Gasteiger partial charge < -0.3 is 9.47 Å². The van der Waals surface area contributed by atoms with Crippen LogP contribution in [-0.2, 0) is 0 Å². The summed E-state index contributed by atoms with van der Waals surface area (Å²) < 4.78 is 2.23. The minimum atomic E-state index is 0.251. The molecule has 4 heteroatoms. The van der Waals surface area contributed by atoms with Crippen molar-refractivity contribution < 1.29 is 4.79 Å². The van der Waals surface area contributed by atoms with Crippen molar-refractivity contribution in [2.24, 2.45) is 5.92 Å². The van der Waals surface area contributed by atoms with Crippen molar-refractivity contribution in [3.8, 4) is 0 Å². The summed E-state index contributed by atoms with van der Waals surface area (Å²) in [5.74, 6) is 1.02. The van der Waals surface area contributed by atoms with Crippen LogP contribution in [0.1, 0.15) is 42.7 Å². The van der Waals surface area contributed by atoms with Crippen molar-refractivity contribution in [1.29, 1.82) is 0 Å². The van der Waals surface area contributed by atoms with Gasteiger partial charge in [-0.25, -0.2) is 0 Å². The summed E-state index contributed by atoms with van der Waals surface area (Å²) in [7, 11) is 0. The first-order valence-corrected chi connectivity index (χ1v) is 7.98. The maximum Gasteiger partial charge on any atom is 0.270 e. The molecule has 1 aromatic heterocycles. The van der Waals surface area contributed by atoms with Gasteiger partial charge in [-0.3, -0.25) is 9.69 Å². The Morgan fingerprint density at radius 2 is 2.05 bits per heavy atom. The van der Waals surface area contributed by atoms with Gasteiger partial charge in [0.2, 0.25) is 0 Å². The van der Waals surface area contributed by atoms with E-state index in [0.29, 0.717) is 12.1 Å². The van der Waals surface area contributed by atoms with Gasteiger partial charge in [0.15, 0.2) is 0 Å². The zero-order chi connectivity index (χ0) is 13.7. The maximum absolute atomic E-state index is 12.7. The van der Waals surface area contributed by atoms with E-state index in [9.17, 15) is 4.79 Å². The Morgan fingerprint density at radius 3 is 2.80 bits per heavy atom. The van der Waals surface area contributed by atoms with Crippen molar-refractivity contribution in [3.63, 3.8) is 0 Å².